The van der Waals surface area contributed by atoms with E-state index in [0.29, 0.717) is 5.69 Å². The highest BCUT2D eigenvalue weighted by Crippen LogP contribution is 2.40. The molecule has 2 rings (SSSR count). The molecule has 1 aromatic carbocycles. The third-order valence-electron chi connectivity index (χ3n) is 5.27. The molecule has 0 spiro atoms. The summed E-state index contributed by atoms with van der Waals surface area (Å²) in [4.78, 5) is 12.1. The number of hydrogen-bond acceptors (Lipinski definition) is 2. The number of hydrogen-bond donors (Lipinski definition) is 2. The first kappa shape index (κ1) is 22.5. The highest BCUT2D eigenvalue weighted by Gasteiger charge is 2.26. The lowest BCUT2D eigenvalue weighted by Gasteiger charge is -2.32. The summed E-state index contributed by atoms with van der Waals surface area (Å²) >= 11 is 0. The van der Waals surface area contributed by atoms with Gasteiger partial charge in [0.25, 0.3) is 0 Å². The second-order valence-electron chi connectivity index (χ2n) is 8.46. The number of benzene rings is 1. The zero-order valence-electron chi connectivity index (χ0n) is 18.3. The number of nitrogens with one attached hydrogen (secondary N) is 1. The first-order valence-electron chi connectivity index (χ1n) is 10.2. The molecule has 2 N–H and O–H groups in total. The number of carbonyl (C=O) groups is 1. The van der Waals surface area contributed by atoms with Crippen LogP contribution in [0.15, 0.2) is 83.0 Å². The lowest BCUT2D eigenvalue weighted by molar-refractivity contribution is -0.111. The summed E-state index contributed by atoms with van der Waals surface area (Å²) in [5, 5.41) is 12.1. The van der Waals surface area contributed by atoms with Crippen molar-refractivity contribution in [2.24, 2.45) is 5.41 Å². The van der Waals surface area contributed by atoms with Crippen LogP contribution >= 0.6 is 0 Å². The molecule has 0 fully saturated rings. The third kappa shape index (κ3) is 7.26. The number of rotatable bonds is 6. The smallest absolute Gasteiger partial charge is 0.248 e. The van der Waals surface area contributed by atoms with Crippen molar-refractivity contribution in [3.05, 3.63) is 83.0 Å². The summed E-state index contributed by atoms with van der Waals surface area (Å²) < 4.78 is 0. The Morgan fingerprint density at radius 1 is 1.10 bits per heavy atom. The van der Waals surface area contributed by atoms with Gasteiger partial charge in [-0.15, -0.1) is 0 Å². The van der Waals surface area contributed by atoms with Gasteiger partial charge in [0, 0.05) is 11.8 Å². The van der Waals surface area contributed by atoms with E-state index in [0.717, 1.165) is 5.57 Å². The molecule has 3 heteroatoms. The molecular formula is C26H33NO2. The minimum Gasteiger partial charge on any atom is -0.508 e. The maximum Gasteiger partial charge on any atom is 0.248 e. The zero-order valence-corrected chi connectivity index (χ0v) is 18.3. The molecule has 0 aliphatic heterocycles. The molecule has 29 heavy (non-hydrogen) atoms. The molecule has 0 atom stereocenters. The van der Waals surface area contributed by atoms with Gasteiger partial charge in [-0.3, -0.25) is 4.79 Å². The van der Waals surface area contributed by atoms with Crippen molar-refractivity contribution in [1.82, 2.24) is 0 Å². The molecule has 0 heterocycles. The van der Waals surface area contributed by atoms with Crippen LogP contribution < -0.4 is 5.32 Å². The minimum absolute atomic E-state index is 0.173. The van der Waals surface area contributed by atoms with Crippen molar-refractivity contribution in [2.75, 3.05) is 5.32 Å². The molecule has 3 nitrogen and oxygen atoms in total. The number of phenols is 1. The van der Waals surface area contributed by atoms with E-state index in [1.165, 1.54) is 36.0 Å². The highest BCUT2D eigenvalue weighted by molar-refractivity contribution is 5.99. The van der Waals surface area contributed by atoms with E-state index in [9.17, 15) is 9.90 Å². The number of aromatic hydroxyl groups is 1. The van der Waals surface area contributed by atoms with Crippen molar-refractivity contribution in [1.29, 1.82) is 0 Å². The van der Waals surface area contributed by atoms with Gasteiger partial charge < -0.3 is 10.4 Å². The predicted octanol–water partition coefficient (Wildman–Crippen LogP) is 6.86. The Balaban J connectivity index is 1.95. The Labute approximate surface area is 175 Å². The molecule has 0 radical (unpaired) electrons. The summed E-state index contributed by atoms with van der Waals surface area (Å²) in [5.74, 6) is -0.0206. The Morgan fingerprint density at radius 2 is 1.79 bits per heavy atom. The summed E-state index contributed by atoms with van der Waals surface area (Å²) in [6.45, 7) is 10.9. The normalized spacial score (nSPS) is 18.0. The first-order chi connectivity index (χ1) is 13.7. The standard InChI is InChI=1S/C26H33NO2/c1-19(11-16-24-21(3)10-7-17-26(24,4)5)8-6-9-20(2)18-25(29)27-22-12-14-23(28)15-13-22/h6,8-9,11-16,18,28H,7,10,17H2,1-5H3,(H,27,29)/b9-6-,16-11-,19-8+,20-18+. The summed E-state index contributed by atoms with van der Waals surface area (Å²) in [7, 11) is 0. The molecule has 1 aromatic rings. The molecule has 0 aromatic heterocycles. The average molecular weight is 392 g/mol. The van der Waals surface area contributed by atoms with Crippen molar-refractivity contribution in [3.63, 3.8) is 0 Å². The molecule has 1 aliphatic rings. The quantitative estimate of drug-likeness (QED) is 0.316. The van der Waals surface area contributed by atoms with Gasteiger partial charge >= 0.3 is 0 Å². The van der Waals surface area contributed by atoms with Crippen LogP contribution in [0.5, 0.6) is 5.75 Å². The number of amides is 1. The van der Waals surface area contributed by atoms with Crippen LogP contribution in [-0.4, -0.2) is 11.0 Å². The second kappa shape index (κ2) is 10.1. The van der Waals surface area contributed by atoms with Crippen molar-refractivity contribution >= 4 is 11.6 Å². The fourth-order valence-electron chi connectivity index (χ4n) is 3.61. The van der Waals surface area contributed by atoms with Crippen LogP contribution in [-0.2, 0) is 4.79 Å². The molecule has 1 aliphatic carbocycles. The van der Waals surface area contributed by atoms with E-state index >= 15 is 0 Å². The van der Waals surface area contributed by atoms with Crippen LogP contribution in [0, 0.1) is 5.41 Å². The molecule has 0 unspecified atom stereocenters. The SMILES string of the molecule is CC1=C(\C=C/C(C)=C/C=C\C(C)=C\C(=O)Nc2ccc(O)cc2)C(C)(C)CCC1. The second-order valence-corrected chi connectivity index (χ2v) is 8.46. The van der Waals surface area contributed by atoms with Crippen molar-refractivity contribution < 1.29 is 9.90 Å². The van der Waals surface area contributed by atoms with Gasteiger partial charge in [-0.25, -0.2) is 0 Å². The Morgan fingerprint density at radius 3 is 2.45 bits per heavy atom. The van der Waals surface area contributed by atoms with Gasteiger partial charge in [0.15, 0.2) is 0 Å². The largest absolute Gasteiger partial charge is 0.508 e. The fraction of sp³-hybridized carbons (Fsp3) is 0.346. The van der Waals surface area contributed by atoms with Gasteiger partial charge in [0.1, 0.15) is 5.75 Å². The first-order valence-corrected chi connectivity index (χ1v) is 10.2. The molecule has 154 valence electrons. The van der Waals surface area contributed by atoms with Crippen LogP contribution in [0.25, 0.3) is 0 Å². The van der Waals surface area contributed by atoms with Crippen LogP contribution in [0.1, 0.15) is 53.9 Å². The summed E-state index contributed by atoms with van der Waals surface area (Å²) in [6.07, 6.45) is 15.6. The van der Waals surface area contributed by atoms with E-state index in [-0.39, 0.29) is 17.1 Å². The maximum absolute atomic E-state index is 12.1. The topological polar surface area (TPSA) is 49.3 Å². The molecule has 0 saturated carbocycles. The van der Waals surface area contributed by atoms with Gasteiger partial charge in [-0.2, -0.15) is 0 Å². The summed E-state index contributed by atoms with van der Waals surface area (Å²) in [5.41, 5.74) is 5.89. The van der Waals surface area contributed by atoms with Crippen LogP contribution in [0.3, 0.4) is 0 Å². The lowest BCUT2D eigenvalue weighted by Crippen LogP contribution is -2.19. The number of carbonyl (C=O) groups excluding carboxylic acids is 1. The number of anilines is 1. The van der Waals surface area contributed by atoms with Crippen LogP contribution in [0.4, 0.5) is 5.69 Å². The maximum atomic E-state index is 12.1. The van der Waals surface area contributed by atoms with Crippen molar-refractivity contribution in [2.45, 2.75) is 53.9 Å². The van der Waals surface area contributed by atoms with E-state index in [4.69, 9.17) is 0 Å². The zero-order chi connectivity index (χ0) is 21.4. The third-order valence-corrected chi connectivity index (χ3v) is 5.27. The highest BCUT2D eigenvalue weighted by atomic mass is 16.3. The lowest BCUT2D eigenvalue weighted by atomic mass is 9.72. The molecule has 0 saturated heterocycles. The minimum atomic E-state index is -0.194. The van der Waals surface area contributed by atoms with E-state index in [2.05, 4.69) is 51.2 Å². The van der Waals surface area contributed by atoms with Gasteiger partial charge in [-0.05, 0) is 80.9 Å². The van der Waals surface area contributed by atoms with E-state index in [1.807, 2.05) is 19.1 Å². The van der Waals surface area contributed by atoms with Crippen molar-refractivity contribution in [3.8, 4) is 5.75 Å². The average Bonchev–Trinajstić information content (AvgIpc) is 2.62. The van der Waals surface area contributed by atoms with E-state index < -0.39 is 0 Å². The van der Waals surface area contributed by atoms with Gasteiger partial charge in [0.2, 0.25) is 5.91 Å². The Kier molecular flexibility index (Phi) is 7.83. The molecule has 1 amide bonds. The predicted molar refractivity (Wildman–Crippen MR) is 123 cm³/mol. The fourth-order valence-corrected chi connectivity index (χ4v) is 3.61. The number of phenolic OH excluding ortho intramolecular Hbond substituents is 1. The Bertz CT molecular complexity index is 878. The number of allylic oxidation sites excluding steroid dienone is 9. The van der Waals surface area contributed by atoms with Gasteiger partial charge in [-0.1, -0.05) is 55.4 Å². The molecule has 0 bridgehead atoms. The summed E-state index contributed by atoms with van der Waals surface area (Å²) in [6, 6.07) is 6.41. The molecular weight excluding hydrogens is 358 g/mol. The van der Waals surface area contributed by atoms with Gasteiger partial charge in [0.05, 0.1) is 0 Å². The van der Waals surface area contributed by atoms with Crippen LogP contribution in [0.2, 0.25) is 0 Å². The monoisotopic (exact) mass is 391 g/mol. The Hall–Kier alpha value is -2.81. The van der Waals surface area contributed by atoms with E-state index in [1.54, 1.807) is 30.3 Å².